The van der Waals surface area contributed by atoms with Crippen LogP contribution in [0.15, 0.2) is 35.8 Å². The van der Waals surface area contributed by atoms with Gasteiger partial charge in [-0.3, -0.25) is 0 Å². The van der Waals surface area contributed by atoms with Gasteiger partial charge in [-0.05, 0) is 19.1 Å². The Balaban J connectivity index is 0. The number of rotatable bonds is 0. The first-order chi connectivity index (χ1) is 4.30. The zero-order valence-corrected chi connectivity index (χ0v) is 7.84. The van der Waals surface area contributed by atoms with Gasteiger partial charge in [-0.25, -0.2) is 0 Å². The third-order valence-corrected chi connectivity index (χ3v) is 1.22. The van der Waals surface area contributed by atoms with Gasteiger partial charge in [-0.1, -0.05) is 6.08 Å². The van der Waals surface area contributed by atoms with E-state index in [0.717, 1.165) is 11.4 Å². The van der Waals surface area contributed by atoms with Crippen LogP contribution in [0.1, 0.15) is 6.92 Å². The molecule has 0 aromatic carbocycles. The lowest BCUT2D eigenvalue weighted by atomic mass is 10.3. The fourth-order valence-corrected chi connectivity index (χ4v) is 0.596. The van der Waals surface area contributed by atoms with Gasteiger partial charge >= 0.3 is 0 Å². The Morgan fingerprint density at radius 1 is 1.27 bits per heavy atom. The van der Waals surface area contributed by atoms with E-state index in [-0.39, 0.29) is 24.8 Å². The second-order valence-corrected chi connectivity index (χ2v) is 1.94. The van der Waals surface area contributed by atoms with Crippen LogP contribution in [0.3, 0.4) is 0 Å². The van der Waals surface area contributed by atoms with Crippen molar-refractivity contribution in [1.29, 1.82) is 0 Å². The number of allylic oxidation sites excluding steroid dienone is 4. The first-order valence-electron chi connectivity index (χ1n) is 2.87. The molecule has 0 spiro atoms. The Labute approximate surface area is 79.1 Å². The van der Waals surface area contributed by atoms with Crippen molar-refractivity contribution in [3.05, 3.63) is 35.8 Å². The summed E-state index contributed by atoms with van der Waals surface area (Å²) in [5, 5.41) is 3.01. The number of hydrogen-bond acceptors (Lipinski definition) is 2. The van der Waals surface area contributed by atoms with E-state index in [0.29, 0.717) is 0 Å². The molecule has 0 aliphatic carbocycles. The van der Waals surface area contributed by atoms with Crippen molar-refractivity contribution < 1.29 is 0 Å². The number of nitrogens with one attached hydrogen (secondary N) is 1. The maximum Gasteiger partial charge on any atom is 0.0507 e. The highest BCUT2D eigenvalue weighted by atomic mass is 35.5. The molecule has 0 bridgehead atoms. The molecule has 1 heterocycles. The molecule has 0 saturated heterocycles. The smallest absolute Gasteiger partial charge is 0.0507 e. The monoisotopic (exact) mass is 194 g/mol. The zero-order valence-electron chi connectivity index (χ0n) is 6.20. The van der Waals surface area contributed by atoms with Gasteiger partial charge in [0.25, 0.3) is 0 Å². The molecular formula is C7H12Cl2N2. The van der Waals surface area contributed by atoms with Crippen LogP contribution in [0, 0.1) is 0 Å². The summed E-state index contributed by atoms with van der Waals surface area (Å²) >= 11 is 0. The molecule has 1 aliphatic rings. The zero-order chi connectivity index (χ0) is 6.69. The molecule has 0 fully saturated rings. The van der Waals surface area contributed by atoms with Crippen molar-refractivity contribution in [3.8, 4) is 0 Å². The van der Waals surface area contributed by atoms with E-state index in [1.165, 1.54) is 0 Å². The molecule has 64 valence electrons. The Morgan fingerprint density at radius 3 is 2.55 bits per heavy atom. The second kappa shape index (κ2) is 6.13. The lowest BCUT2D eigenvalue weighted by molar-refractivity contribution is 1.03. The van der Waals surface area contributed by atoms with Crippen LogP contribution >= 0.6 is 24.8 Å². The lowest BCUT2D eigenvalue weighted by Gasteiger charge is -1.99. The first kappa shape index (κ1) is 13.0. The molecule has 0 atom stereocenters. The summed E-state index contributed by atoms with van der Waals surface area (Å²) in [5.41, 5.74) is 7.36. The fraction of sp³-hybridized carbons (Fsp3) is 0.143. The van der Waals surface area contributed by atoms with Crippen LogP contribution in [0.2, 0.25) is 0 Å². The van der Waals surface area contributed by atoms with Gasteiger partial charge in [-0.15, -0.1) is 24.8 Å². The van der Waals surface area contributed by atoms with Crippen LogP contribution in [0.25, 0.3) is 0 Å². The summed E-state index contributed by atoms with van der Waals surface area (Å²) in [7, 11) is 0. The maximum absolute atomic E-state index is 5.57. The molecule has 0 amide bonds. The number of halogens is 2. The maximum atomic E-state index is 5.57. The summed E-state index contributed by atoms with van der Waals surface area (Å²) in [6.45, 7) is 1.94. The van der Waals surface area contributed by atoms with Crippen LogP contribution in [0.5, 0.6) is 0 Å². The molecule has 0 aromatic heterocycles. The molecule has 0 saturated carbocycles. The van der Waals surface area contributed by atoms with Crippen LogP contribution in [-0.2, 0) is 0 Å². The van der Waals surface area contributed by atoms with Crippen molar-refractivity contribution in [2.45, 2.75) is 6.92 Å². The molecule has 2 nitrogen and oxygen atoms in total. The van der Waals surface area contributed by atoms with Crippen molar-refractivity contribution in [1.82, 2.24) is 5.32 Å². The molecule has 1 aliphatic heterocycles. The topological polar surface area (TPSA) is 38.0 Å². The van der Waals surface area contributed by atoms with Gasteiger partial charge in [0.1, 0.15) is 0 Å². The van der Waals surface area contributed by atoms with Gasteiger partial charge < -0.3 is 11.1 Å². The van der Waals surface area contributed by atoms with E-state index in [2.05, 4.69) is 5.32 Å². The number of nitrogens with two attached hydrogens (primary N) is 1. The minimum Gasteiger partial charge on any atom is -0.397 e. The van der Waals surface area contributed by atoms with E-state index in [4.69, 9.17) is 5.73 Å². The van der Waals surface area contributed by atoms with Gasteiger partial charge in [0, 0.05) is 11.9 Å². The van der Waals surface area contributed by atoms with E-state index in [9.17, 15) is 0 Å². The molecule has 4 heteroatoms. The molecule has 0 unspecified atom stereocenters. The Hall–Kier alpha value is -0.600. The summed E-state index contributed by atoms with van der Waals surface area (Å²) in [5.74, 6) is 0. The van der Waals surface area contributed by atoms with E-state index < -0.39 is 0 Å². The Bertz CT molecular complexity index is 195. The lowest BCUT2D eigenvalue weighted by Crippen LogP contribution is -2.07. The Kier molecular flexibility index (Phi) is 7.26. The predicted octanol–water partition coefficient (Wildman–Crippen LogP) is 1.69. The van der Waals surface area contributed by atoms with Gasteiger partial charge in [0.2, 0.25) is 0 Å². The third kappa shape index (κ3) is 3.96. The molecule has 1 rings (SSSR count). The second-order valence-electron chi connectivity index (χ2n) is 1.94. The minimum absolute atomic E-state index is 0. The standard InChI is InChI=1S/C7H10N2.2ClH/c1-6-7(8)4-2-3-5-9-6;;/h2-5,9H,8H2,1H3;2*1H. The Morgan fingerprint density at radius 2 is 1.91 bits per heavy atom. The fourth-order valence-electron chi connectivity index (χ4n) is 0.596. The van der Waals surface area contributed by atoms with E-state index in [1.54, 1.807) is 0 Å². The SMILES string of the molecule is CC1=C(N)C=CC=CN1.Cl.Cl. The van der Waals surface area contributed by atoms with Gasteiger partial charge in [-0.2, -0.15) is 0 Å². The average Bonchev–Trinajstić information content (AvgIpc) is 1.99. The van der Waals surface area contributed by atoms with Crippen molar-refractivity contribution in [2.75, 3.05) is 0 Å². The summed E-state index contributed by atoms with van der Waals surface area (Å²) in [4.78, 5) is 0. The molecule has 0 radical (unpaired) electrons. The van der Waals surface area contributed by atoms with Crippen LogP contribution in [-0.4, -0.2) is 0 Å². The molecular weight excluding hydrogens is 183 g/mol. The van der Waals surface area contributed by atoms with Crippen molar-refractivity contribution >= 4 is 24.8 Å². The minimum atomic E-state index is 0. The van der Waals surface area contributed by atoms with Crippen LogP contribution in [0.4, 0.5) is 0 Å². The third-order valence-electron chi connectivity index (χ3n) is 1.22. The highest BCUT2D eigenvalue weighted by Crippen LogP contribution is 1.98. The highest BCUT2D eigenvalue weighted by molar-refractivity contribution is 5.85. The summed E-state index contributed by atoms with van der Waals surface area (Å²) in [6.07, 6.45) is 7.53. The van der Waals surface area contributed by atoms with Crippen molar-refractivity contribution in [3.63, 3.8) is 0 Å². The van der Waals surface area contributed by atoms with E-state index in [1.807, 2.05) is 31.4 Å². The van der Waals surface area contributed by atoms with Gasteiger partial charge in [0.05, 0.1) is 5.70 Å². The number of hydrogen-bond donors (Lipinski definition) is 2. The predicted molar refractivity (Wildman–Crippen MR) is 52.8 cm³/mol. The largest absolute Gasteiger partial charge is 0.397 e. The normalized spacial score (nSPS) is 14.3. The molecule has 3 N–H and O–H groups in total. The molecule has 0 aromatic rings. The van der Waals surface area contributed by atoms with Crippen LogP contribution < -0.4 is 11.1 Å². The highest BCUT2D eigenvalue weighted by Gasteiger charge is 1.91. The van der Waals surface area contributed by atoms with Gasteiger partial charge in [0.15, 0.2) is 0 Å². The first-order valence-corrected chi connectivity index (χ1v) is 2.87. The van der Waals surface area contributed by atoms with E-state index >= 15 is 0 Å². The molecule has 11 heavy (non-hydrogen) atoms. The average molecular weight is 195 g/mol. The summed E-state index contributed by atoms with van der Waals surface area (Å²) in [6, 6.07) is 0. The van der Waals surface area contributed by atoms with Crippen molar-refractivity contribution in [2.24, 2.45) is 5.73 Å². The quantitative estimate of drug-likeness (QED) is 0.617. The summed E-state index contributed by atoms with van der Waals surface area (Å²) < 4.78 is 0.